The Hall–Kier alpha value is -2.80. The van der Waals surface area contributed by atoms with Gasteiger partial charge in [0.2, 0.25) is 11.8 Å². The van der Waals surface area contributed by atoms with Gasteiger partial charge in [0.05, 0.1) is 18.0 Å². The number of anilines is 1. The van der Waals surface area contributed by atoms with Gasteiger partial charge < -0.3 is 14.5 Å². The minimum absolute atomic E-state index is 0.171. The lowest BCUT2D eigenvalue weighted by atomic mass is 10.1. The lowest BCUT2D eigenvalue weighted by Gasteiger charge is -2.12. The minimum atomic E-state index is -0.414. The van der Waals surface area contributed by atoms with Gasteiger partial charge in [-0.1, -0.05) is 41.1 Å². The number of thioether (sulfide) groups is 1. The van der Waals surface area contributed by atoms with Crippen LogP contribution in [0, 0.1) is 13.8 Å². The Morgan fingerprint density at radius 2 is 1.85 bits per heavy atom. The second-order valence-electron chi connectivity index (χ2n) is 6.20. The maximum Gasteiger partial charge on any atom is 0.277 e. The van der Waals surface area contributed by atoms with Crippen LogP contribution in [-0.4, -0.2) is 28.5 Å². The van der Waals surface area contributed by atoms with Gasteiger partial charge in [-0.25, -0.2) is 0 Å². The molecule has 0 aliphatic carbocycles. The summed E-state index contributed by atoms with van der Waals surface area (Å²) in [7, 11) is 1.57. The quantitative estimate of drug-likeness (QED) is 0.632. The van der Waals surface area contributed by atoms with Crippen molar-refractivity contribution in [2.24, 2.45) is 0 Å². The van der Waals surface area contributed by atoms with Crippen molar-refractivity contribution in [3.63, 3.8) is 0 Å². The molecule has 0 saturated carbocycles. The second kappa shape index (κ2) is 8.26. The Labute approximate surface area is 162 Å². The molecule has 0 fully saturated rings. The number of ether oxygens (including phenoxy) is 1. The number of rotatable bonds is 6. The monoisotopic (exact) mass is 383 g/mol. The Bertz CT molecular complexity index is 935. The van der Waals surface area contributed by atoms with Gasteiger partial charge in [0.15, 0.2) is 0 Å². The molecular formula is C20H21N3O3S. The molecule has 1 atom stereocenters. The lowest BCUT2D eigenvalue weighted by Crippen LogP contribution is -2.22. The number of aryl methyl sites for hydroxylation is 2. The fourth-order valence-electron chi connectivity index (χ4n) is 2.66. The fraction of sp³-hybridized carbons (Fsp3) is 0.250. The first-order valence-corrected chi connectivity index (χ1v) is 9.37. The molecule has 1 heterocycles. The first kappa shape index (κ1) is 19.0. The molecule has 140 valence electrons. The number of nitrogens with zero attached hydrogens (tertiary/aromatic N) is 2. The minimum Gasteiger partial charge on any atom is -0.495 e. The van der Waals surface area contributed by atoms with Gasteiger partial charge in [0, 0.05) is 5.56 Å². The standard InChI is InChI=1S/C20H21N3O3S/c1-12-9-13(2)11-15(10-12)19-22-23-20(26-19)27-14(3)18(24)21-16-7-5-6-8-17(16)25-4/h5-11,14H,1-4H3,(H,21,24)/t14-/m0/s1. The summed E-state index contributed by atoms with van der Waals surface area (Å²) in [6.07, 6.45) is 0. The van der Waals surface area contributed by atoms with E-state index in [-0.39, 0.29) is 5.91 Å². The van der Waals surface area contributed by atoms with E-state index in [4.69, 9.17) is 9.15 Å². The molecule has 27 heavy (non-hydrogen) atoms. The number of methoxy groups -OCH3 is 1. The van der Waals surface area contributed by atoms with Crippen LogP contribution < -0.4 is 10.1 Å². The van der Waals surface area contributed by atoms with Crippen LogP contribution in [0.25, 0.3) is 11.5 Å². The molecule has 1 aromatic heterocycles. The molecule has 0 saturated heterocycles. The average molecular weight is 383 g/mol. The maximum absolute atomic E-state index is 12.5. The summed E-state index contributed by atoms with van der Waals surface area (Å²) in [6.45, 7) is 5.83. The number of carbonyl (C=O) groups is 1. The Balaban J connectivity index is 1.68. The lowest BCUT2D eigenvalue weighted by molar-refractivity contribution is -0.115. The molecule has 2 aromatic carbocycles. The molecule has 6 nitrogen and oxygen atoms in total. The third kappa shape index (κ3) is 4.68. The number of hydrogen-bond acceptors (Lipinski definition) is 6. The zero-order chi connectivity index (χ0) is 19.4. The number of hydrogen-bond donors (Lipinski definition) is 1. The predicted molar refractivity (Wildman–Crippen MR) is 106 cm³/mol. The Morgan fingerprint density at radius 1 is 1.15 bits per heavy atom. The molecule has 0 spiro atoms. The van der Waals surface area contributed by atoms with E-state index in [0.29, 0.717) is 22.6 Å². The van der Waals surface area contributed by atoms with E-state index in [1.54, 1.807) is 26.2 Å². The van der Waals surface area contributed by atoms with Crippen molar-refractivity contribution >= 4 is 23.4 Å². The van der Waals surface area contributed by atoms with Crippen LogP contribution in [0.15, 0.2) is 52.1 Å². The van der Waals surface area contributed by atoms with Crippen LogP contribution in [0.4, 0.5) is 5.69 Å². The highest BCUT2D eigenvalue weighted by Crippen LogP contribution is 2.29. The number of benzene rings is 2. The molecule has 1 N–H and O–H groups in total. The number of aromatic nitrogens is 2. The highest BCUT2D eigenvalue weighted by molar-refractivity contribution is 8.00. The van der Waals surface area contributed by atoms with Crippen LogP contribution in [0.5, 0.6) is 5.75 Å². The van der Waals surface area contributed by atoms with Crippen molar-refractivity contribution in [3.05, 3.63) is 53.6 Å². The summed E-state index contributed by atoms with van der Waals surface area (Å²) in [4.78, 5) is 12.5. The summed E-state index contributed by atoms with van der Waals surface area (Å²) in [5, 5.41) is 11.0. The van der Waals surface area contributed by atoms with E-state index < -0.39 is 5.25 Å². The SMILES string of the molecule is COc1ccccc1NC(=O)[C@H](C)Sc1nnc(-c2cc(C)cc(C)c2)o1. The first-order chi connectivity index (χ1) is 13.0. The molecule has 3 aromatic rings. The molecule has 0 radical (unpaired) electrons. The molecule has 0 bridgehead atoms. The van der Waals surface area contributed by atoms with Gasteiger partial charge in [0.25, 0.3) is 5.22 Å². The van der Waals surface area contributed by atoms with Crippen molar-refractivity contribution in [2.75, 3.05) is 12.4 Å². The van der Waals surface area contributed by atoms with Crippen LogP contribution in [0.3, 0.4) is 0 Å². The number of para-hydroxylation sites is 2. The predicted octanol–water partition coefficient (Wildman–Crippen LogP) is 4.48. The molecule has 0 aliphatic heterocycles. The van der Waals surface area contributed by atoms with Crippen LogP contribution >= 0.6 is 11.8 Å². The van der Waals surface area contributed by atoms with Crippen LogP contribution in [0.2, 0.25) is 0 Å². The summed E-state index contributed by atoms with van der Waals surface area (Å²) in [5.74, 6) is 0.884. The van der Waals surface area contributed by atoms with Crippen molar-refractivity contribution < 1.29 is 13.9 Å². The molecular weight excluding hydrogens is 362 g/mol. The molecule has 0 unspecified atom stereocenters. The van der Waals surface area contributed by atoms with Crippen molar-refractivity contribution in [3.8, 4) is 17.2 Å². The number of nitrogens with one attached hydrogen (secondary N) is 1. The highest BCUT2D eigenvalue weighted by atomic mass is 32.2. The van der Waals surface area contributed by atoms with Gasteiger partial charge in [-0.15, -0.1) is 10.2 Å². The molecule has 0 aliphatic rings. The second-order valence-corrected chi connectivity index (χ2v) is 7.49. The van der Waals surface area contributed by atoms with Gasteiger partial charge in [-0.2, -0.15) is 0 Å². The summed E-state index contributed by atoms with van der Waals surface area (Å²) < 4.78 is 11.0. The largest absolute Gasteiger partial charge is 0.495 e. The van der Waals surface area contributed by atoms with E-state index in [1.807, 2.05) is 38.1 Å². The topological polar surface area (TPSA) is 77.2 Å². The van der Waals surface area contributed by atoms with Gasteiger partial charge in [-0.05, 0) is 45.0 Å². The third-order valence-electron chi connectivity index (χ3n) is 3.89. The van der Waals surface area contributed by atoms with Crippen LogP contribution in [0.1, 0.15) is 18.1 Å². The molecule has 1 amide bonds. The summed E-state index contributed by atoms with van der Waals surface area (Å²) in [6, 6.07) is 13.3. The van der Waals surface area contributed by atoms with Crippen molar-refractivity contribution in [2.45, 2.75) is 31.2 Å². The van der Waals surface area contributed by atoms with E-state index in [1.165, 1.54) is 11.8 Å². The van der Waals surface area contributed by atoms with E-state index in [0.717, 1.165) is 16.7 Å². The van der Waals surface area contributed by atoms with Crippen molar-refractivity contribution in [1.82, 2.24) is 10.2 Å². The first-order valence-electron chi connectivity index (χ1n) is 8.49. The number of amides is 1. The zero-order valence-electron chi connectivity index (χ0n) is 15.6. The summed E-state index contributed by atoms with van der Waals surface area (Å²) in [5.41, 5.74) is 3.75. The van der Waals surface area contributed by atoms with E-state index in [2.05, 4.69) is 21.6 Å². The third-order valence-corrected chi connectivity index (χ3v) is 4.82. The normalized spacial score (nSPS) is 11.9. The van der Waals surface area contributed by atoms with Gasteiger partial charge in [-0.3, -0.25) is 4.79 Å². The van der Waals surface area contributed by atoms with Crippen LogP contribution in [-0.2, 0) is 4.79 Å². The van der Waals surface area contributed by atoms with E-state index in [9.17, 15) is 4.79 Å². The molecule has 3 rings (SSSR count). The average Bonchev–Trinajstić information content (AvgIpc) is 3.10. The van der Waals surface area contributed by atoms with Gasteiger partial charge in [0.1, 0.15) is 5.75 Å². The maximum atomic E-state index is 12.5. The Kier molecular flexibility index (Phi) is 5.81. The summed E-state index contributed by atoms with van der Waals surface area (Å²) >= 11 is 1.22. The van der Waals surface area contributed by atoms with Gasteiger partial charge >= 0.3 is 0 Å². The fourth-order valence-corrected chi connectivity index (χ4v) is 3.34. The highest BCUT2D eigenvalue weighted by Gasteiger charge is 2.20. The smallest absolute Gasteiger partial charge is 0.277 e. The Morgan fingerprint density at radius 3 is 2.56 bits per heavy atom. The molecule has 7 heteroatoms. The van der Waals surface area contributed by atoms with Crippen molar-refractivity contribution in [1.29, 1.82) is 0 Å². The number of carbonyl (C=O) groups excluding carboxylic acids is 1. The van der Waals surface area contributed by atoms with E-state index >= 15 is 0 Å². The zero-order valence-corrected chi connectivity index (χ0v) is 16.5.